The van der Waals surface area contributed by atoms with Gasteiger partial charge in [-0.15, -0.1) is 0 Å². The fourth-order valence-electron chi connectivity index (χ4n) is 1.44. The Hall–Kier alpha value is -1.14. The van der Waals surface area contributed by atoms with Crippen LogP contribution in [0.15, 0.2) is 18.2 Å². The zero-order valence-corrected chi connectivity index (χ0v) is 10.3. The number of rotatable bonds is 7. The number of nitrogens with zero attached hydrogens (tertiary/aromatic N) is 1. The smallest absolute Gasteiger partial charge is 0.375 e. The second-order valence-electron chi connectivity index (χ2n) is 3.92. The molecule has 1 rings (SSSR count). The molecule has 0 aliphatic rings. The number of nitrogens with one attached hydrogen (secondary N) is 1. The lowest BCUT2D eigenvalue weighted by Gasteiger charge is -2.07. The molecular weight excluding hydrogens is 245 g/mol. The Morgan fingerprint density at radius 3 is 2.67 bits per heavy atom. The van der Waals surface area contributed by atoms with Gasteiger partial charge in [0.15, 0.2) is 0 Å². The van der Waals surface area contributed by atoms with Crippen LogP contribution >= 0.6 is 0 Å². The van der Waals surface area contributed by atoms with Gasteiger partial charge in [0.25, 0.3) is 0 Å². The molecule has 0 saturated heterocycles. The molecule has 0 atom stereocenters. The summed E-state index contributed by atoms with van der Waals surface area (Å²) in [5.74, 6) is 0. The minimum Gasteiger partial charge on any atom is -0.375 e. The molecule has 0 aliphatic carbocycles. The molecule has 0 amide bonds. The summed E-state index contributed by atoms with van der Waals surface area (Å²) in [6, 6.07) is 5.53. The highest BCUT2D eigenvalue weighted by atomic mass is 19.4. The highest BCUT2D eigenvalue weighted by molar-refractivity contribution is 5.10. The maximum Gasteiger partial charge on any atom is 0.389 e. The van der Waals surface area contributed by atoms with Crippen LogP contribution in [0.5, 0.6) is 0 Å². The number of alkyl halides is 3. The standard InChI is InChI=1S/C12H17F3N2O/c1-16-8-10-4-2-5-11(17-10)9-18-7-3-6-12(13,14)15/h2,4-5,16H,3,6-9H2,1H3. The first-order chi connectivity index (χ1) is 8.51. The quantitative estimate of drug-likeness (QED) is 0.767. The monoisotopic (exact) mass is 262 g/mol. The molecule has 0 bridgehead atoms. The lowest BCUT2D eigenvalue weighted by Crippen LogP contribution is -2.10. The fraction of sp³-hybridized carbons (Fsp3) is 0.583. The van der Waals surface area contributed by atoms with Crippen LogP contribution in [0.4, 0.5) is 13.2 Å². The maximum atomic E-state index is 11.9. The van der Waals surface area contributed by atoms with Crippen molar-refractivity contribution in [3.05, 3.63) is 29.6 Å². The van der Waals surface area contributed by atoms with Gasteiger partial charge < -0.3 is 10.1 Å². The van der Waals surface area contributed by atoms with Crippen molar-refractivity contribution in [2.24, 2.45) is 0 Å². The number of aromatic nitrogens is 1. The van der Waals surface area contributed by atoms with Gasteiger partial charge in [-0.2, -0.15) is 13.2 Å². The van der Waals surface area contributed by atoms with Crippen LogP contribution in [0.2, 0.25) is 0 Å². The molecule has 0 unspecified atom stereocenters. The molecule has 102 valence electrons. The summed E-state index contributed by atoms with van der Waals surface area (Å²) in [5.41, 5.74) is 1.61. The number of hydrogen-bond donors (Lipinski definition) is 1. The summed E-state index contributed by atoms with van der Waals surface area (Å²) in [7, 11) is 1.82. The van der Waals surface area contributed by atoms with Gasteiger partial charge in [0, 0.05) is 19.6 Å². The van der Waals surface area contributed by atoms with Crippen molar-refractivity contribution in [2.45, 2.75) is 32.2 Å². The molecule has 0 fully saturated rings. The molecule has 1 aromatic heterocycles. The first kappa shape index (κ1) is 14.9. The third-order valence-electron chi connectivity index (χ3n) is 2.22. The van der Waals surface area contributed by atoms with Crippen molar-refractivity contribution in [3.8, 4) is 0 Å². The Morgan fingerprint density at radius 2 is 2.00 bits per heavy atom. The molecule has 0 aromatic carbocycles. The Labute approximate surface area is 104 Å². The van der Waals surface area contributed by atoms with E-state index in [0.717, 1.165) is 11.4 Å². The van der Waals surface area contributed by atoms with Gasteiger partial charge in [-0.25, -0.2) is 0 Å². The Kier molecular flexibility index (Phi) is 6.07. The molecule has 1 aromatic rings. The van der Waals surface area contributed by atoms with Crippen molar-refractivity contribution in [1.82, 2.24) is 10.3 Å². The number of halogens is 3. The Bertz CT molecular complexity index is 355. The first-order valence-electron chi connectivity index (χ1n) is 5.75. The van der Waals surface area contributed by atoms with Gasteiger partial charge in [0.2, 0.25) is 0 Å². The van der Waals surface area contributed by atoms with E-state index in [1.165, 1.54) is 0 Å². The molecule has 18 heavy (non-hydrogen) atoms. The molecule has 3 nitrogen and oxygen atoms in total. The summed E-state index contributed by atoms with van der Waals surface area (Å²) < 4.78 is 40.8. The van der Waals surface area contributed by atoms with Crippen molar-refractivity contribution in [1.29, 1.82) is 0 Å². The Balaban J connectivity index is 2.24. The van der Waals surface area contributed by atoms with Crippen molar-refractivity contribution < 1.29 is 17.9 Å². The summed E-state index contributed by atoms with van der Waals surface area (Å²) in [6.07, 6.45) is -4.92. The lowest BCUT2D eigenvalue weighted by molar-refractivity contribution is -0.138. The predicted octanol–water partition coefficient (Wildman–Crippen LogP) is 2.66. The van der Waals surface area contributed by atoms with Crippen molar-refractivity contribution in [2.75, 3.05) is 13.7 Å². The highest BCUT2D eigenvalue weighted by Crippen LogP contribution is 2.21. The van der Waals surface area contributed by atoms with Gasteiger partial charge >= 0.3 is 6.18 Å². The van der Waals surface area contributed by atoms with E-state index in [1.807, 2.05) is 19.2 Å². The van der Waals surface area contributed by atoms with E-state index in [-0.39, 0.29) is 19.6 Å². The van der Waals surface area contributed by atoms with Crippen LogP contribution in [-0.2, 0) is 17.9 Å². The molecule has 0 radical (unpaired) electrons. The number of hydrogen-bond acceptors (Lipinski definition) is 3. The van der Waals surface area contributed by atoms with E-state index in [0.29, 0.717) is 6.54 Å². The van der Waals surface area contributed by atoms with E-state index in [9.17, 15) is 13.2 Å². The molecule has 6 heteroatoms. The van der Waals surface area contributed by atoms with Gasteiger partial charge in [0.05, 0.1) is 18.0 Å². The van der Waals surface area contributed by atoms with Crippen LogP contribution in [0, 0.1) is 0 Å². The maximum absolute atomic E-state index is 11.9. The minimum absolute atomic E-state index is 0.0142. The minimum atomic E-state index is -4.10. The van der Waals surface area contributed by atoms with Crippen LogP contribution in [-0.4, -0.2) is 24.8 Å². The SMILES string of the molecule is CNCc1cccc(COCCCC(F)(F)F)n1. The molecule has 0 aliphatic heterocycles. The second-order valence-corrected chi connectivity index (χ2v) is 3.92. The normalized spacial score (nSPS) is 11.8. The average molecular weight is 262 g/mol. The van der Waals surface area contributed by atoms with Crippen LogP contribution < -0.4 is 5.32 Å². The molecule has 1 N–H and O–H groups in total. The van der Waals surface area contributed by atoms with Gasteiger partial charge in [0.1, 0.15) is 0 Å². The Morgan fingerprint density at radius 1 is 1.28 bits per heavy atom. The highest BCUT2D eigenvalue weighted by Gasteiger charge is 2.25. The van der Waals surface area contributed by atoms with E-state index in [1.54, 1.807) is 6.07 Å². The zero-order chi connectivity index (χ0) is 13.4. The first-order valence-corrected chi connectivity index (χ1v) is 5.75. The second kappa shape index (κ2) is 7.33. The largest absolute Gasteiger partial charge is 0.389 e. The lowest BCUT2D eigenvalue weighted by atomic mass is 10.3. The van der Waals surface area contributed by atoms with Crippen LogP contribution in [0.1, 0.15) is 24.2 Å². The van der Waals surface area contributed by atoms with Crippen molar-refractivity contribution >= 4 is 0 Å². The van der Waals surface area contributed by atoms with E-state index in [4.69, 9.17) is 4.74 Å². The zero-order valence-electron chi connectivity index (χ0n) is 10.3. The predicted molar refractivity (Wildman–Crippen MR) is 61.9 cm³/mol. The third-order valence-corrected chi connectivity index (χ3v) is 2.22. The summed E-state index contributed by atoms with van der Waals surface area (Å²) in [4.78, 5) is 4.30. The third kappa shape index (κ3) is 6.56. The number of pyridine rings is 1. The van der Waals surface area contributed by atoms with Crippen molar-refractivity contribution in [3.63, 3.8) is 0 Å². The van der Waals surface area contributed by atoms with E-state index < -0.39 is 12.6 Å². The molecular formula is C12H17F3N2O. The number of ether oxygens (including phenoxy) is 1. The van der Waals surface area contributed by atoms with E-state index in [2.05, 4.69) is 10.3 Å². The topological polar surface area (TPSA) is 34.1 Å². The summed E-state index contributed by atoms with van der Waals surface area (Å²) in [6.45, 7) is 0.995. The van der Waals surface area contributed by atoms with Gasteiger partial charge in [-0.1, -0.05) is 6.07 Å². The van der Waals surface area contributed by atoms with E-state index >= 15 is 0 Å². The summed E-state index contributed by atoms with van der Waals surface area (Å²) in [5, 5.41) is 2.98. The van der Waals surface area contributed by atoms with Gasteiger partial charge in [-0.3, -0.25) is 4.98 Å². The molecule has 1 heterocycles. The summed E-state index contributed by atoms with van der Waals surface area (Å²) >= 11 is 0. The fourth-order valence-corrected chi connectivity index (χ4v) is 1.44. The van der Waals surface area contributed by atoms with Crippen LogP contribution in [0.3, 0.4) is 0 Å². The van der Waals surface area contributed by atoms with Crippen LogP contribution in [0.25, 0.3) is 0 Å². The molecule has 0 spiro atoms. The average Bonchev–Trinajstić information content (AvgIpc) is 2.28. The van der Waals surface area contributed by atoms with Gasteiger partial charge in [-0.05, 0) is 25.6 Å². The molecule has 0 saturated carbocycles.